The van der Waals surface area contributed by atoms with Gasteiger partial charge in [0, 0.05) is 50.0 Å². The summed E-state index contributed by atoms with van der Waals surface area (Å²) in [5.41, 5.74) is 0.837. The van der Waals surface area contributed by atoms with Gasteiger partial charge in [-0.1, -0.05) is 38.1 Å². The molecule has 0 aliphatic carbocycles. The average molecular weight is 434 g/mol. The van der Waals surface area contributed by atoms with Gasteiger partial charge < -0.3 is 9.80 Å². The van der Waals surface area contributed by atoms with Gasteiger partial charge in [0.15, 0.2) is 5.69 Å². The lowest BCUT2D eigenvalue weighted by molar-refractivity contribution is -0.132. The van der Waals surface area contributed by atoms with E-state index in [0.29, 0.717) is 43.5 Å². The maximum absolute atomic E-state index is 13.4. The predicted molar refractivity (Wildman–Crippen MR) is 121 cm³/mol. The Balaban J connectivity index is 1.51. The van der Waals surface area contributed by atoms with Gasteiger partial charge in [-0.15, -0.1) is 0 Å². The highest BCUT2D eigenvalue weighted by molar-refractivity contribution is 6.04. The molecule has 0 radical (unpaired) electrons. The van der Waals surface area contributed by atoms with E-state index in [-0.39, 0.29) is 35.4 Å². The van der Waals surface area contributed by atoms with E-state index in [1.807, 2.05) is 32.0 Å². The molecule has 3 aromatic rings. The van der Waals surface area contributed by atoms with Crippen LogP contribution >= 0.6 is 0 Å². The average Bonchev–Trinajstić information content (AvgIpc) is 2.81. The number of piperazine rings is 1. The Morgan fingerprint density at radius 2 is 1.59 bits per heavy atom. The molecule has 0 saturated carbocycles. The molecule has 8 heteroatoms. The number of benzene rings is 1. The fraction of sp³-hybridized carbons (Fsp3) is 0.375. The van der Waals surface area contributed by atoms with E-state index in [2.05, 4.69) is 10.1 Å². The van der Waals surface area contributed by atoms with E-state index in [0.717, 1.165) is 5.69 Å². The van der Waals surface area contributed by atoms with E-state index >= 15 is 0 Å². The van der Waals surface area contributed by atoms with Crippen LogP contribution in [0.15, 0.2) is 53.5 Å². The van der Waals surface area contributed by atoms with E-state index in [9.17, 15) is 14.4 Å². The Labute approximate surface area is 186 Å². The zero-order chi connectivity index (χ0) is 22.7. The molecule has 1 aromatic carbocycles. The first-order valence-electron chi connectivity index (χ1n) is 10.9. The topological polar surface area (TPSA) is 88.4 Å². The fourth-order valence-corrected chi connectivity index (χ4v) is 3.94. The van der Waals surface area contributed by atoms with Gasteiger partial charge in [-0.2, -0.15) is 5.10 Å². The molecule has 3 heterocycles. The molecule has 1 saturated heterocycles. The summed E-state index contributed by atoms with van der Waals surface area (Å²) in [5.74, 6) is 0.0124. The van der Waals surface area contributed by atoms with Gasteiger partial charge in [0.05, 0.1) is 11.8 Å². The molecule has 32 heavy (non-hydrogen) atoms. The van der Waals surface area contributed by atoms with Gasteiger partial charge in [-0.3, -0.25) is 19.4 Å². The Hall–Kier alpha value is -3.55. The molecule has 0 atom stereocenters. The first-order valence-corrected chi connectivity index (χ1v) is 10.9. The normalized spacial score (nSPS) is 14.2. The van der Waals surface area contributed by atoms with Crippen LogP contribution < -0.4 is 5.56 Å². The van der Waals surface area contributed by atoms with Gasteiger partial charge in [0.1, 0.15) is 0 Å². The molecule has 0 N–H and O–H groups in total. The third kappa shape index (κ3) is 4.54. The van der Waals surface area contributed by atoms with Gasteiger partial charge in [0.25, 0.3) is 11.5 Å². The molecule has 0 bridgehead atoms. The summed E-state index contributed by atoms with van der Waals surface area (Å²) in [6, 6.07) is 12.6. The van der Waals surface area contributed by atoms with Crippen LogP contribution in [-0.4, -0.2) is 62.6 Å². The van der Waals surface area contributed by atoms with Crippen LogP contribution in [-0.2, 0) is 17.8 Å². The van der Waals surface area contributed by atoms with Crippen molar-refractivity contribution in [1.29, 1.82) is 0 Å². The van der Waals surface area contributed by atoms with Crippen LogP contribution in [0.2, 0.25) is 0 Å². The third-order valence-electron chi connectivity index (χ3n) is 5.59. The molecule has 4 rings (SSSR count). The van der Waals surface area contributed by atoms with Crippen molar-refractivity contribution >= 4 is 22.6 Å². The number of hydrogen-bond donors (Lipinski definition) is 0. The Morgan fingerprint density at radius 3 is 2.25 bits per heavy atom. The fourth-order valence-electron chi connectivity index (χ4n) is 3.94. The van der Waals surface area contributed by atoms with Gasteiger partial charge in [-0.05, 0) is 24.1 Å². The molecule has 0 unspecified atom stereocenters. The number of carbonyl (C=O) groups excluding carboxylic acids is 2. The summed E-state index contributed by atoms with van der Waals surface area (Å²) in [5, 5.41) is 5.51. The number of amides is 2. The van der Waals surface area contributed by atoms with Crippen LogP contribution in [0.4, 0.5) is 0 Å². The summed E-state index contributed by atoms with van der Waals surface area (Å²) < 4.78 is 1.40. The molecule has 0 spiro atoms. The Kier molecular flexibility index (Phi) is 6.30. The molecule has 8 nitrogen and oxygen atoms in total. The Bertz CT molecular complexity index is 1180. The standard InChI is InChI=1S/C24H27N5O3/c1-17(2)16-29-23(31)20-9-4-3-8-19(20)22(26-29)24(32)28-13-11-27(12-14-28)21(30)15-18-7-5-6-10-25-18/h3-10,17H,11-16H2,1-2H3. The first-order chi connectivity index (χ1) is 15.4. The maximum Gasteiger partial charge on any atom is 0.275 e. The van der Waals surface area contributed by atoms with Gasteiger partial charge in [0.2, 0.25) is 5.91 Å². The molecular weight excluding hydrogens is 406 g/mol. The quantitative estimate of drug-likeness (QED) is 0.614. The van der Waals surface area contributed by atoms with Gasteiger partial charge >= 0.3 is 0 Å². The lowest BCUT2D eigenvalue weighted by Gasteiger charge is -2.34. The second-order valence-electron chi connectivity index (χ2n) is 8.45. The number of rotatable bonds is 5. The molecule has 1 aliphatic heterocycles. The van der Waals surface area contributed by atoms with Crippen LogP contribution in [0.5, 0.6) is 0 Å². The van der Waals surface area contributed by atoms with Crippen LogP contribution in [0.1, 0.15) is 30.0 Å². The largest absolute Gasteiger partial charge is 0.339 e. The van der Waals surface area contributed by atoms with E-state index in [4.69, 9.17) is 0 Å². The van der Waals surface area contributed by atoms with E-state index < -0.39 is 0 Å². The second kappa shape index (κ2) is 9.30. The van der Waals surface area contributed by atoms with E-state index in [1.165, 1.54) is 4.68 Å². The molecule has 2 aromatic heterocycles. The first kappa shape index (κ1) is 21.7. The molecule has 1 fully saturated rings. The molecule has 2 amide bonds. The highest BCUT2D eigenvalue weighted by atomic mass is 16.2. The summed E-state index contributed by atoms with van der Waals surface area (Å²) >= 11 is 0. The van der Waals surface area contributed by atoms with Crippen molar-refractivity contribution in [3.63, 3.8) is 0 Å². The van der Waals surface area contributed by atoms with E-state index in [1.54, 1.807) is 40.3 Å². The minimum absolute atomic E-state index is 0.00450. The lowest BCUT2D eigenvalue weighted by atomic mass is 10.1. The summed E-state index contributed by atoms with van der Waals surface area (Å²) in [4.78, 5) is 46.5. The van der Waals surface area contributed by atoms with Crippen molar-refractivity contribution < 1.29 is 9.59 Å². The summed E-state index contributed by atoms with van der Waals surface area (Å²) in [6.07, 6.45) is 1.93. The van der Waals surface area contributed by atoms with Gasteiger partial charge in [-0.25, -0.2) is 4.68 Å². The highest BCUT2D eigenvalue weighted by Crippen LogP contribution is 2.17. The molecule has 166 valence electrons. The van der Waals surface area contributed by atoms with Crippen molar-refractivity contribution in [2.75, 3.05) is 26.2 Å². The number of aromatic nitrogens is 3. The van der Waals surface area contributed by atoms with Crippen molar-refractivity contribution in [2.45, 2.75) is 26.8 Å². The summed E-state index contributed by atoms with van der Waals surface area (Å²) in [7, 11) is 0. The number of fused-ring (bicyclic) bond motifs is 1. The maximum atomic E-state index is 13.4. The van der Waals surface area contributed by atoms with Crippen LogP contribution in [0, 0.1) is 5.92 Å². The zero-order valence-electron chi connectivity index (χ0n) is 18.4. The summed E-state index contributed by atoms with van der Waals surface area (Å²) in [6.45, 7) is 6.22. The minimum Gasteiger partial charge on any atom is -0.339 e. The van der Waals surface area contributed by atoms with Crippen LogP contribution in [0.3, 0.4) is 0 Å². The molecule has 1 aliphatic rings. The SMILES string of the molecule is CC(C)Cn1nc(C(=O)N2CCN(C(=O)Cc3ccccn3)CC2)c2ccccc2c1=O. The monoisotopic (exact) mass is 433 g/mol. The smallest absolute Gasteiger partial charge is 0.275 e. The zero-order valence-corrected chi connectivity index (χ0v) is 18.4. The number of carbonyl (C=O) groups is 2. The van der Waals surface area contributed by atoms with Crippen LogP contribution in [0.25, 0.3) is 10.8 Å². The lowest BCUT2D eigenvalue weighted by Crippen LogP contribution is -2.51. The molecular formula is C24H27N5O3. The second-order valence-corrected chi connectivity index (χ2v) is 8.45. The predicted octanol–water partition coefficient (Wildman–Crippen LogP) is 1.97. The minimum atomic E-state index is -0.212. The number of nitrogens with zero attached hydrogens (tertiary/aromatic N) is 5. The number of hydrogen-bond acceptors (Lipinski definition) is 5. The number of pyridine rings is 1. The Morgan fingerprint density at radius 1 is 0.938 bits per heavy atom. The van der Waals surface area contributed by atoms with Crippen molar-refractivity contribution in [3.05, 3.63) is 70.4 Å². The van der Waals surface area contributed by atoms with Crippen molar-refractivity contribution in [3.8, 4) is 0 Å². The highest BCUT2D eigenvalue weighted by Gasteiger charge is 2.27. The third-order valence-corrected chi connectivity index (χ3v) is 5.59. The van der Waals surface area contributed by atoms with Crippen molar-refractivity contribution in [1.82, 2.24) is 24.6 Å². The van der Waals surface area contributed by atoms with Crippen molar-refractivity contribution in [2.24, 2.45) is 5.92 Å².